The molecule has 1 aliphatic rings. The van der Waals surface area contributed by atoms with Crippen LogP contribution in [0.2, 0.25) is 0 Å². The van der Waals surface area contributed by atoms with E-state index in [0.29, 0.717) is 11.2 Å². The zero-order valence-electron chi connectivity index (χ0n) is 10.9. The Bertz CT molecular complexity index is 627. The molecular weight excluding hydrogens is 242 g/mol. The van der Waals surface area contributed by atoms with Gasteiger partial charge in [0.15, 0.2) is 5.65 Å². The fourth-order valence-electron chi connectivity index (χ4n) is 2.87. The van der Waals surface area contributed by atoms with Crippen molar-refractivity contribution in [3.8, 4) is 0 Å². The molecule has 2 aromatic heterocycles. The molecule has 100 valence electrons. The van der Waals surface area contributed by atoms with Gasteiger partial charge in [-0.2, -0.15) is 0 Å². The molecule has 0 amide bonds. The van der Waals surface area contributed by atoms with E-state index in [1.807, 2.05) is 0 Å². The van der Waals surface area contributed by atoms with Gasteiger partial charge in [0, 0.05) is 11.6 Å². The van der Waals surface area contributed by atoms with Crippen molar-refractivity contribution in [2.75, 3.05) is 0 Å². The number of imidazole rings is 1. The molecule has 2 heterocycles. The molecule has 5 nitrogen and oxygen atoms in total. The summed E-state index contributed by atoms with van der Waals surface area (Å²) in [6.45, 7) is 2.22. The zero-order valence-corrected chi connectivity index (χ0v) is 10.9. The summed E-state index contributed by atoms with van der Waals surface area (Å²) < 4.78 is 0. The molecule has 0 saturated heterocycles. The predicted molar refractivity (Wildman–Crippen MR) is 71.3 cm³/mol. The average Bonchev–Trinajstić information content (AvgIpc) is 2.83. The van der Waals surface area contributed by atoms with Crippen molar-refractivity contribution >= 4 is 17.1 Å². The van der Waals surface area contributed by atoms with Crippen LogP contribution in [0.4, 0.5) is 0 Å². The third-order valence-electron chi connectivity index (χ3n) is 4.11. The van der Waals surface area contributed by atoms with Gasteiger partial charge in [0.1, 0.15) is 5.82 Å². The average molecular weight is 259 g/mol. The van der Waals surface area contributed by atoms with Crippen LogP contribution < -0.4 is 0 Å². The van der Waals surface area contributed by atoms with E-state index in [2.05, 4.69) is 21.9 Å². The van der Waals surface area contributed by atoms with E-state index < -0.39 is 5.97 Å². The fraction of sp³-hybridized carbons (Fsp3) is 0.500. The van der Waals surface area contributed by atoms with Crippen LogP contribution in [0.3, 0.4) is 0 Å². The number of hydrogen-bond donors (Lipinski definition) is 2. The van der Waals surface area contributed by atoms with Gasteiger partial charge in [-0.3, -0.25) is 0 Å². The lowest BCUT2D eigenvalue weighted by molar-refractivity contribution is 0.0696. The van der Waals surface area contributed by atoms with Crippen molar-refractivity contribution in [2.45, 2.75) is 44.4 Å². The Morgan fingerprint density at radius 2 is 2.11 bits per heavy atom. The van der Waals surface area contributed by atoms with Crippen molar-refractivity contribution < 1.29 is 9.90 Å². The molecule has 0 atom stereocenters. The first-order valence-electron chi connectivity index (χ1n) is 6.68. The third-order valence-corrected chi connectivity index (χ3v) is 4.11. The minimum atomic E-state index is -0.963. The first kappa shape index (κ1) is 12.1. The van der Waals surface area contributed by atoms with E-state index in [1.165, 1.54) is 25.5 Å². The molecule has 19 heavy (non-hydrogen) atoms. The number of aromatic amines is 1. The Morgan fingerprint density at radius 1 is 1.37 bits per heavy atom. The molecule has 1 saturated carbocycles. The van der Waals surface area contributed by atoms with Gasteiger partial charge >= 0.3 is 5.97 Å². The van der Waals surface area contributed by atoms with E-state index in [1.54, 1.807) is 6.07 Å². The van der Waals surface area contributed by atoms with Gasteiger partial charge in [0.2, 0.25) is 0 Å². The lowest BCUT2D eigenvalue weighted by Gasteiger charge is -2.31. The first-order chi connectivity index (χ1) is 9.08. The Balaban J connectivity index is 2.03. The highest BCUT2D eigenvalue weighted by atomic mass is 16.4. The van der Waals surface area contributed by atoms with Gasteiger partial charge in [-0.05, 0) is 18.9 Å². The van der Waals surface area contributed by atoms with E-state index in [-0.39, 0.29) is 11.0 Å². The number of nitrogens with zero attached hydrogens (tertiary/aromatic N) is 2. The highest BCUT2D eigenvalue weighted by Crippen LogP contribution is 2.37. The smallest absolute Gasteiger partial charge is 0.337 e. The van der Waals surface area contributed by atoms with Crippen molar-refractivity contribution in [3.05, 3.63) is 23.7 Å². The van der Waals surface area contributed by atoms with Crippen LogP contribution in [0.5, 0.6) is 0 Å². The third kappa shape index (κ3) is 2.09. The normalized spacial score (nSPS) is 18.6. The monoisotopic (exact) mass is 259 g/mol. The van der Waals surface area contributed by atoms with Crippen LogP contribution in [0.25, 0.3) is 11.2 Å². The molecule has 0 aliphatic heterocycles. The molecule has 0 unspecified atom stereocenters. The quantitative estimate of drug-likeness (QED) is 0.869. The van der Waals surface area contributed by atoms with E-state index in [9.17, 15) is 4.79 Å². The van der Waals surface area contributed by atoms with Crippen LogP contribution in [0.1, 0.15) is 55.2 Å². The minimum absolute atomic E-state index is 0.0718. The number of aromatic carboxylic acids is 1. The summed E-state index contributed by atoms with van der Waals surface area (Å²) >= 11 is 0. The lowest BCUT2D eigenvalue weighted by Crippen LogP contribution is -2.26. The molecule has 0 spiro atoms. The maximum Gasteiger partial charge on any atom is 0.337 e. The van der Waals surface area contributed by atoms with Gasteiger partial charge in [-0.15, -0.1) is 0 Å². The second-order valence-electron chi connectivity index (χ2n) is 5.61. The molecule has 5 heteroatoms. The fourth-order valence-corrected chi connectivity index (χ4v) is 2.87. The van der Waals surface area contributed by atoms with Gasteiger partial charge < -0.3 is 10.1 Å². The maximum absolute atomic E-state index is 10.9. The highest BCUT2D eigenvalue weighted by Gasteiger charge is 2.32. The number of carboxylic acids is 1. The summed E-state index contributed by atoms with van der Waals surface area (Å²) in [5.74, 6) is -0.0216. The number of rotatable bonds is 2. The second-order valence-corrected chi connectivity index (χ2v) is 5.61. The predicted octanol–water partition coefficient (Wildman–Crippen LogP) is 2.88. The summed E-state index contributed by atoms with van der Waals surface area (Å²) in [7, 11) is 0. The zero-order chi connectivity index (χ0) is 13.5. The molecular formula is C14H17N3O2. The summed E-state index contributed by atoms with van der Waals surface area (Å²) in [6.07, 6.45) is 7.34. The molecule has 0 radical (unpaired) electrons. The number of nitrogens with one attached hydrogen (secondary N) is 1. The number of fused-ring (bicyclic) bond motifs is 1. The van der Waals surface area contributed by atoms with E-state index >= 15 is 0 Å². The Hall–Kier alpha value is -1.91. The molecule has 0 aromatic carbocycles. The van der Waals surface area contributed by atoms with Crippen LogP contribution >= 0.6 is 0 Å². The largest absolute Gasteiger partial charge is 0.478 e. The van der Waals surface area contributed by atoms with Crippen molar-refractivity contribution in [1.82, 2.24) is 15.0 Å². The number of pyridine rings is 1. The first-order valence-corrected chi connectivity index (χ1v) is 6.68. The summed E-state index contributed by atoms with van der Waals surface area (Å²) in [5, 5.41) is 8.98. The van der Waals surface area contributed by atoms with Gasteiger partial charge in [-0.25, -0.2) is 14.8 Å². The molecule has 2 N–H and O–H groups in total. The maximum atomic E-state index is 10.9. The lowest BCUT2D eigenvalue weighted by atomic mass is 9.75. The highest BCUT2D eigenvalue weighted by molar-refractivity contribution is 5.90. The van der Waals surface area contributed by atoms with Crippen LogP contribution in [-0.4, -0.2) is 26.0 Å². The Labute approximate surface area is 111 Å². The van der Waals surface area contributed by atoms with Crippen molar-refractivity contribution in [2.24, 2.45) is 0 Å². The van der Waals surface area contributed by atoms with E-state index in [0.717, 1.165) is 18.7 Å². The number of aromatic nitrogens is 3. The molecule has 2 aromatic rings. The van der Waals surface area contributed by atoms with Crippen LogP contribution in [0, 0.1) is 0 Å². The Morgan fingerprint density at radius 3 is 2.79 bits per heavy atom. The van der Waals surface area contributed by atoms with Crippen LogP contribution in [0.15, 0.2) is 12.3 Å². The van der Waals surface area contributed by atoms with Crippen LogP contribution in [-0.2, 0) is 5.41 Å². The standard InChI is InChI=1S/C14H17N3O2/c1-14(5-3-2-4-6-14)13-16-10-7-9(12(18)19)8-15-11(10)17-13/h7-8H,2-6H2,1H3,(H,18,19)(H,15,16,17). The molecule has 1 aliphatic carbocycles. The van der Waals surface area contributed by atoms with Crippen molar-refractivity contribution in [1.29, 1.82) is 0 Å². The molecule has 1 fully saturated rings. The number of carboxylic acid groups (broad SMARTS) is 1. The van der Waals surface area contributed by atoms with Crippen molar-refractivity contribution in [3.63, 3.8) is 0 Å². The van der Waals surface area contributed by atoms with E-state index in [4.69, 9.17) is 5.11 Å². The second kappa shape index (κ2) is 4.33. The topological polar surface area (TPSA) is 78.9 Å². The van der Waals surface area contributed by atoms with Gasteiger partial charge in [-0.1, -0.05) is 26.2 Å². The Kier molecular flexibility index (Phi) is 2.77. The SMILES string of the molecule is CC1(c2nc3ncc(C(=O)O)cc3[nH]2)CCCCC1. The summed E-state index contributed by atoms with van der Waals surface area (Å²) in [5.41, 5.74) is 1.58. The number of hydrogen-bond acceptors (Lipinski definition) is 3. The molecule has 0 bridgehead atoms. The number of carbonyl (C=O) groups is 1. The van der Waals surface area contributed by atoms with Gasteiger partial charge in [0.05, 0.1) is 11.1 Å². The minimum Gasteiger partial charge on any atom is -0.478 e. The van der Waals surface area contributed by atoms with Gasteiger partial charge in [0.25, 0.3) is 0 Å². The summed E-state index contributed by atoms with van der Waals surface area (Å²) in [4.78, 5) is 22.9. The molecule has 3 rings (SSSR count). The number of H-pyrrole nitrogens is 1. The summed E-state index contributed by atoms with van der Waals surface area (Å²) in [6, 6.07) is 1.60.